The molecule has 0 unspecified atom stereocenters. The van der Waals surface area contributed by atoms with Gasteiger partial charge in [0.25, 0.3) is 5.91 Å². The molecule has 2 aromatic heterocycles. The van der Waals surface area contributed by atoms with Crippen molar-refractivity contribution in [3.63, 3.8) is 0 Å². The Morgan fingerprint density at radius 2 is 1.89 bits per heavy atom. The number of hydrogen-bond donors (Lipinski definition) is 1. The molecule has 0 saturated carbocycles. The number of fused-ring (bicyclic) bond motifs is 1. The van der Waals surface area contributed by atoms with Crippen LogP contribution in [0.15, 0.2) is 48.1 Å². The van der Waals surface area contributed by atoms with E-state index in [1.165, 1.54) is 11.3 Å². The molecule has 0 bridgehead atoms. The van der Waals surface area contributed by atoms with Gasteiger partial charge in [-0.2, -0.15) is 0 Å². The fraction of sp³-hybridized carbons (Fsp3) is 0.350. The van der Waals surface area contributed by atoms with Gasteiger partial charge in [-0.1, -0.05) is 18.2 Å². The molecule has 0 aliphatic carbocycles. The predicted octanol–water partition coefficient (Wildman–Crippen LogP) is 1.67. The summed E-state index contributed by atoms with van der Waals surface area (Å²) in [5, 5.41) is 4.91. The first-order chi connectivity index (χ1) is 13.7. The molecule has 3 aromatic rings. The number of amides is 2. The molecular formula is C20H23N5O2S. The molecule has 1 saturated heterocycles. The number of piperazine rings is 1. The number of nitrogens with zero attached hydrogens (tertiary/aromatic N) is 4. The van der Waals surface area contributed by atoms with Crippen molar-refractivity contribution in [2.24, 2.45) is 0 Å². The van der Waals surface area contributed by atoms with Crippen molar-refractivity contribution in [1.29, 1.82) is 0 Å². The number of imidazole rings is 1. The normalized spacial score (nSPS) is 15.1. The Labute approximate surface area is 167 Å². The van der Waals surface area contributed by atoms with Gasteiger partial charge in [-0.05, 0) is 23.6 Å². The Balaban J connectivity index is 1.19. The quantitative estimate of drug-likeness (QED) is 0.687. The van der Waals surface area contributed by atoms with E-state index in [2.05, 4.69) is 15.2 Å². The number of carbonyl (C=O) groups is 2. The number of nitrogens with one attached hydrogen (secondary N) is 1. The zero-order valence-electron chi connectivity index (χ0n) is 15.6. The summed E-state index contributed by atoms with van der Waals surface area (Å²) >= 11 is 1.49. The highest BCUT2D eigenvalue weighted by atomic mass is 32.1. The first kappa shape index (κ1) is 18.6. The summed E-state index contributed by atoms with van der Waals surface area (Å²) in [6.45, 7) is 4.78. The monoisotopic (exact) mass is 397 g/mol. The number of thiophene rings is 1. The second-order valence-electron chi connectivity index (χ2n) is 6.82. The van der Waals surface area contributed by atoms with Crippen LogP contribution in [0.2, 0.25) is 0 Å². The highest BCUT2D eigenvalue weighted by molar-refractivity contribution is 7.12. The third-order valence-electron chi connectivity index (χ3n) is 4.98. The fourth-order valence-electron chi connectivity index (χ4n) is 3.43. The summed E-state index contributed by atoms with van der Waals surface area (Å²) in [6, 6.07) is 11.6. The molecule has 1 N–H and O–H groups in total. The van der Waals surface area contributed by atoms with E-state index >= 15 is 0 Å². The maximum Gasteiger partial charge on any atom is 0.264 e. The number of para-hydroxylation sites is 2. The highest BCUT2D eigenvalue weighted by Crippen LogP contribution is 2.14. The Morgan fingerprint density at radius 3 is 2.68 bits per heavy atom. The second kappa shape index (κ2) is 8.53. The van der Waals surface area contributed by atoms with Crippen molar-refractivity contribution < 1.29 is 9.59 Å². The largest absolute Gasteiger partial charge is 0.353 e. The third-order valence-corrected chi connectivity index (χ3v) is 5.84. The summed E-state index contributed by atoms with van der Waals surface area (Å²) in [5.41, 5.74) is 1.86. The maximum atomic E-state index is 12.4. The summed E-state index contributed by atoms with van der Waals surface area (Å²) in [5.74, 6) is 0.102. The van der Waals surface area contributed by atoms with E-state index in [1.807, 2.05) is 51.2 Å². The van der Waals surface area contributed by atoms with Crippen molar-refractivity contribution in [3.8, 4) is 0 Å². The van der Waals surface area contributed by atoms with Gasteiger partial charge in [-0.3, -0.25) is 14.5 Å². The van der Waals surface area contributed by atoms with Gasteiger partial charge >= 0.3 is 0 Å². The van der Waals surface area contributed by atoms with Crippen molar-refractivity contribution in [3.05, 3.63) is 53.0 Å². The number of carbonyl (C=O) groups excluding carboxylic acids is 2. The Kier molecular flexibility index (Phi) is 5.68. The van der Waals surface area contributed by atoms with E-state index in [4.69, 9.17) is 0 Å². The van der Waals surface area contributed by atoms with Crippen LogP contribution in [-0.2, 0) is 11.3 Å². The number of rotatable bonds is 6. The molecule has 8 heteroatoms. The van der Waals surface area contributed by atoms with Crippen molar-refractivity contribution in [2.45, 2.75) is 6.54 Å². The fourth-order valence-corrected chi connectivity index (χ4v) is 4.12. The summed E-state index contributed by atoms with van der Waals surface area (Å²) in [4.78, 5) is 33.9. The van der Waals surface area contributed by atoms with E-state index in [1.54, 1.807) is 6.33 Å². The topological polar surface area (TPSA) is 70.5 Å². The molecule has 3 heterocycles. The molecule has 1 aliphatic heterocycles. The van der Waals surface area contributed by atoms with E-state index < -0.39 is 0 Å². The van der Waals surface area contributed by atoms with Crippen LogP contribution in [0.3, 0.4) is 0 Å². The van der Waals surface area contributed by atoms with Crippen LogP contribution in [0.25, 0.3) is 11.0 Å². The lowest BCUT2D eigenvalue weighted by molar-refractivity contribution is -0.121. The summed E-state index contributed by atoms with van der Waals surface area (Å²) in [6.07, 6.45) is 1.70. The first-order valence-electron chi connectivity index (χ1n) is 9.42. The molecule has 0 radical (unpaired) electrons. The molecule has 28 heavy (non-hydrogen) atoms. The van der Waals surface area contributed by atoms with Gasteiger partial charge in [0.2, 0.25) is 5.91 Å². The van der Waals surface area contributed by atoms with Gasteiger partial charge in [-0.15, -0.1) is 11.3 Å². The minimum Gasteiger partial charge on any atom is -0.353 e. The van der Waals surface area contributed by atoms with Gasteiger partial charge in [0.15, 0.2) is 0 Å². The van der Waals surface area contributed by atoms with Gasteiger partial charge in [0.05, 0.1) is 22.2 Å². The lowest BCUT2D eigenvalue weighted by atomic mass is 10.3. The van der Waals surface area contributed by atoms with Crippen LogP contribution in [0.4, 0.5) is 0 Å². The number of benzene rings is 1. The molecule has 0 spiro atoms. The van der Waals surface area contributed by atoms with Crippen molar-refractivity contribution >= 4 is 34.2 Å². The molecular weight excluding hydrogens is 374 g/mol. The lowest BCUT2D eigenvalue weighted by Gasteiger charge is -2.34. The van der Waals surface area contributed by atoms with E-state index in [0.29, 0.717) is 6.54 Å². The zero-order valence-corrected chi connectivity index (χ0v) is 16.4. The molecule has 4 rings (SSSR count). The average molecular weight is 398 g/mol. The predicted molar refractivity (Wildman–Crippen MR) is 109 cm³/mol. The van der Waals surface area contributed by atoms with Crippen LogP contribution >= 0.6 is 11.3 Å². The van der Waals surface area contributed by atoms with Crippen molar-refractivity contribution in [1.82, 2.24) is 24.7 Å². The summed E-state index contributed by atoms with van der Waals surface area (Å²) < 4.78 is 1.86. The standard InChI is InChI=1S/C20H23N5O2S/c26-19(14-25-15-22-16-4-1-2-5-17(16)25)21-7-8-23-9-11-24(12-10-23)20(27)18-6-3-13-28-18/h1-6,13,15H,7-12,14H2,(H,21,26). The molecule has 1 aliphatic rings. The molecule has 0 atom stereocenters. The van der Waals surface area contributed by atoms with E-state index in [-0.39, 0.29) is 18.4 Å². The van der Waals surface area contributed by atoms with Crippen LogP contribution in [0, 0.1) is 0 Å². The SMILES string of the molecule is O=C(Cn1cnc2ccccc21)NCCN1CCN(C(=O)c2cccs2)CC1. The highest BCUT2D eigenvalue weighted by Gasteiger charge is 2.22. The van der Waals surface area contributed by atoms with Gasteiger partial charge in [-0.25, -0.2) is 4.98 Å². The van der Waals surface area contributed by atoms with Crippen molar-refractivity contribution in [2.75, 3.05) is 39.3 Å². The Morgan fingerprint density at radius 1 is 1.07 bits per heavy atom. The Hall–Kier alpha value is -2.71. The first-order valence-corrected chi connectivity index (χ1v) is 10.3. The molecule has 1 fully saturated rings. The van der Waals surface area contributed by atoms with Crippen LogP contribution in [0.1, 0.15) is 9.67 Å². The zero-order chi connectivity index (χ0) is 19.3. The summed E-state index contributed by atoms with van der Waals surface area (Å²) in [7, 11) is 0. The molecule has 1 aromatic carbocycles. The molecule has 2 amide bonds. The minimum atomic E-state index is -0.0188. The van der Waals surface area contributed by atoms with Crippen LogP contribution in [-0.4, -0.2) is 70.4 Å². The smallest absolute Gasteiger partial charge is 0.264 e. The lowest BCUT2D eigenvalue weighted by Crippen LogP contribution is -2.50. The van der Waals surface area contributed by atoms with Gasteiger partial charge in [0, 0.05) is 39.3 Å². The van der Waals surface area contributed by atoms with Crippen LogP contribution in [0.5, 0.6) is 0 Å². The molecule has 7 nitrogen and oxygen atoms in total. The van der Waals surface area contributed by atoms with E-state index in [0.717, 1.165) is 48.6 Å². The second-order valence-corrected chi connectivity index (χ2v) is 7.77. The average Bonchev–Trinajstić information content (AvgIpc) is 3.39. The third kappa shape index (κ3) is 4.23. The van der Waals surface area contributed by atoms with Gasteiger partial charge < -0.3 is 14.8 Å². The van der Waals surface area contributed by atoms with Gasteiger partial charge in [0.1, 0.15) is 6.54 Å². The molecule has 146 valence electrons. The number of aromatic nitrogens is 2. The number of hydrogen-bond acceptors (Lipinski definition) is 5. The Bertz CT molecular complexity index is 945. The maximum absolute atomic E-state index is 12.4. The minimum absolute atomic E-state index is 0.0188. The van der Waals surface area contributed by atoms with E-state index in [9.17, 15) is 9.59 Å². The van der Waals surface area contributed by atoms with Crippen LogP contribution < -0.4 is 5.32 Å².